The Hall–Kier alpha value is -1.85. The van der Waals surface area contributed by atoms with E-state index in [0.717, 1.165) is 6.42 Å². The maximum atomic E-state index is 13.1. The zero-order valence-corrected chi connectivity index (χ0v) is 14.0. The molecule has 0 radical (unpaired) electrons. The van der Waals surface area contributed by atoms with Crippen LogP contribution in [0.2, 0.25) is 5.02 Å². The van der Waals surface area contributed by atoms with E-state index in [4.69, 9.17) is 21.1 Å². The fourth-order valence-corrected chi connectivity index (χ4v) is 4.18. The lowest BCUT2D eigenvalue weighted by molar-refractivity contribution is -0.152. The van der Waals surface area contributed by atoms with Crippen LogP contribution in [0.15, 0.2) is 36.4 Å². The molecule has 3 aliphatic rings. The van der Waals surface area contributed by atoms with Crippen molar-refractivity contribution in [1.29, 1.82) is 0 Å². The van der Waals surface area contributed by atoms with Crippen LogP contribution in [-0.4, -0.2) is 36.7 Å². The quantitative estimate of drug-likeness (QED) is 0.620. The van der Waals surface area contributed by atoms with E-state index < -0.39 is 17.4 Å². The molecule has 5 nitrogen and oxygen atoms in total. The molecule has 0 saturated carbocycles. The van der Waals surface area contributed by atoms with Crippen LogP contribution in [0.4, 0.5) is 5.69 Å². The average molecular weight is 348 g/mol. The minimum Gasteiger partial charge on any atom is -0.465 e. The Morgan fingerprint density at radius 3 is 3.00 bits per heavy atom. The summed E-state index contributed by atoms with van der Waals surface area (Å²) in [6.45, 7) is 2.66. The molecule has 1 amide bonds. The van der Waals surface area contributed by atoms with Crippen molar-refractivity contribution in [3.63, 3.8) is 0 Å². The van der Waals surface area contributed by atoms with Gasteiger partial charge in [-0.05, 0) is 18.6 Å². The number of carbonyl (C=O) groups is 2. The number of hydrogen-bond acceptors (Lipinski definition) is 4. The maximum absolute atomic E-state index is 13.1. The van der Waals surface area contributed by atoms with Crippen molar-refractivity contribution in [3.8, 4) is 0 Å². The summed E-state index contributed by atoms with van der Waals surface area (Å²) in [6.07, 6.45) is 4.16. The normalized spacial score (nSPS) is 33.2. The molecule has 1 spiro atoms. The number of rotatable bonds is 4. The van der Waals surface area contributed by atoms with E-state index in [2.05, 4.69) is 0 Å². The molecule has 2 fully saturated rings. The molecule has 0 aromatic heterocycles. The van der Waals surface area contributed by atoms with Crippen molar-refractivity contribution in [3.05, 3.63) is 41.4 Å². The first-order valence-electron chi connectivity index (χ1n) is 8.17. The number of esters is 1. The molecular formula is C18H18ClNO4. The first kappa shape index (κ1) is 15.7. The zero-order chi connectivity index (χ0) is 16.9. The molecular weight excluding hydrogens is 330 g/mol. The highest BCUT2D eigenvalue weighted by Crippen LogP contribution is 2.53. The molecule has 6 heteroatoms. The fourth-order valence-electron chi connectivity index (χ4n) is 3.94. The largest absolute Gasteiger partial charge is 0.465 e. The molecule has 3 heterocycles. The van der Waals surface area contributed by atoms with Gasteiger partial charge in [0, 0.05) is 0 Å². The first-order valence-corrected chi connectivity index (χ1v) is 8.55. The van der Waals surface area contributed by atoms with Gasteiger partial charge in [0.2, 0.25) is 5.91 Å². The highest BCUT2D eigenvalue weighted by atomic mass is 35.5. The number of para-hydroxylation sites is 1. The van der Waals surface area contributed by atoms with Crippen molar-refractivity contribution in [2.75, 3.05) is 18.1 Å². The lowest BCUT2D eigenvalue weighted by Gasteiger charge is -2.22. The van der Waals surface area contributed by atoms with Gasteiger partial charge in [0.1, 0.15) is 11.5 Å². The lowest BCUT2D eigenvalue weighted by atomic mass is 9.77. The summed E-state index contributed by atoms with van der Waals surface area (Å²) in [5.41, 5.74) is -0.106. The minimum absolute atomic E-state index is 0.131. The van der Waals surface area contributed by atoms with Crippen LogP contribution in [0.25, 0.3) is 0 Å². The third-order valence-corrected chi connectivity index (χ3v) is 5.28. The SMILES string of the molecule is CCCOC(=O)[C@H]1[C@H]2C=CC3(CN(c4ccccc4Cl)C(=O)[C@@H]13)O2. The Morgan fingerprint density at radius 1 is 1.46 bits per heavy atom. The van der Waals surface area contributed by atoms with Gasteiger partial charge in [-0.3, -0.25) is 9.59 Å². The number of hydrogen-bond donors (Lipinski definition) is 0. The van der Waals surface area contributed by atoms with E-state index >= 15 is 0 Å². The number of benzene rings is 1. The number of nitrogens with zero attached hydrogens (tertiary/aromatic N) is 1. The fraction of sp³-hybridized carbons (Fsp3) is 0.444. The summed E-state index contributed by atoms with van der Waals surface area (Å²) < 4.78 is 11.3. The van der Waals surface area contributed by atoms with Crippen molar-refractivity contribution in [2.45, 2.75) is 25.0 Å². The summed E-state index contributed by atoms with van der Waals surface area (Å²) in [4.78, 5) is 27.1. The Kier molecular flexibility index (Phi) is 3.66. The number of amides is 1. The second-order valence-electron chi connectivity index (χ2n) is 6.44. The van der Waals surface area contributed by atoms with E-state index in [1.165, 1.54) is 0 Å². The summed E-state index contributed by atoms with van der Waals surface area (Å²) >= 11 is 6.25. The summed E-state index contributed by atoms with van der Waals surface area (Å²) in [5, 5.41) is 0.505. The number of carbonyl (C=O) groups excluding carboxylic acids is 2. The van der Waals surface area contributed by atoms with Crippen molar-refractivity contribution in [2.24, 2.45) is 11.8 Å². The number of halogens is 1. The predicted molar refractivity (Wildman–Crippen MR) is 88.8 cm³/mol. The molecule has 2 bridgehead atoms. The second-order valence-corrected chi connectivity index (χ2v) is 6.85. The van der Waals surface area contributed by atoms with Gasteiger partial charge in [0.05, 0.1) is 35.9 Å². The Morgan fingerprint density at radius 2 is 2.25 bits per heavy atom. The van der Waals surface area contributed by atoms with Crippen molar-refractivity contribution >= 4 is 29.2 Å². The van der Waals surface area contributed by atoms with Crippen LogP contribution in [0.1, 0.15) is 13.3 Å². The van der Waals surface area contributed by atoms with Gasteiger partial charge in [0.15, 0.2) is 0 Å². The Balaban J connectivity index is 1.67. The number of fused-ring (bicyclic) bond motifs is 1. The van der Waals surface area contributed by atoms with Crippen molar-refractivity contribution in [1.82, 2.24) is 0 Å². The third kappa shape index (κ3) is 2.11. The molecule has 24 heavy (non-hydrogen) atoms. The standard InChI is InChI=1S/C18H18ClNO4/c1-2-9-23-17(22)14-13-7-8-18(24-13)10-20(16(21)15(14)18)12-6-4-3-5-11(12)19/h3-8,13-15H,2,9-10H2,1H3/t13-,14+,15-,18?/m1/s1. The van der Waals surface area contributed by atoms with Gasteiger partial charge in [-0.15, -0.1) is 0 Å². The molecule has 0 N–H and O–H groups in total. The molecule has 2 saturated heterocycles. The summed E-state index contributed by atoms with van der Waals surface area (Å²) in [5.74, 6) is -1.62. The van der Waals surface area contributed by atoms with Gasteiger partial charge < -0.3 is 14.4 Å². The van der Waals surface area contributed by atoms with Gasteiger partial charge in [-0.1, -0.05) is 42.8 Å². The van der Waals surface area contributed by atoms with E-state index in [9.17, 15) is 9.59 Å². The Labute approximate surface area is 145 Å². The molecule has 1 aromatic rings. The highest BCUT2D eigenvalue weighted by molar-refractivity contribution is 6.34. The molecule has 3 aliphatic heterocycles. The topological polar surface area (TPSA) is 55.8 Å². The van der Waals surface area contributed by atoms with E-state index in [-0.39, 0.29) is 18.0 Å². The molecule has 4 rings (SSSR count). The average Bonchev–Trinajstić information content (AvgIpc) is 3.21. The van der Waals surface area contributed by atoms with Gasteiger partial charge >= 0.3 is 5.97 Å². The van der Waals surface area contributed by atoms with E-state index in [0.29, 0.717) is 23.9 Å². The predicted octanol–water partition coefficient (Wildman–Crippen LogP) is 2.58. The highest BCUT2D eigenvalue weighted by Gasteiger charge is 2.67. The summed E-state index contributed by atoms with van der Waals surface area (Å²) in [7, 11) is 0. The van der Waals surface area contributed by atoms with Crippen LogP contribution in [0, 0.1) is 11.8 Å². The van der Waals surface area contributed by atoms with Gasteiger partial charge in [0.25, 0.3) is 0 Å². The molecule has 0 aliphatic carbocycles. The lowest BCUT2D eigenvalue weighted by Crippen LogP contribution is -2.40. The van der Waals surface area contributed by atoms with Gasteiger partial charge in [-0.25, -0.2) is 0 Å². The number of ether oxygens (including phenoxy) is 2. The first-order chi connectivity index (χ1) is 11.6. The number of anilines is 1. The zero-order valence-electron chi connectivity index (χ0n) is 13.3. The third-order valence-electron chi connectivity index (χ3n) is 4.96. The summed E-state index contributed by atoms with van der Waals surface area (Å²) in [6, 6.07) is 7.20. The molecule has 126 valence electrons. The van der Waals surface area contributed by atoms with E-state index in [1.54, 1.807) is 17.0 Å². The van der Waals surface area contributed by atoms with Gasteiger partial charge in [-0.2, -0.15) is 0 Å². The van der Waals surface area contributed by atoms with Crippen LogP contribution >= 0.6 is 11.6 Å². The van der Waals surface area contributed by atoms with Crippen LogP contribution in [0.3, 0.4) is 0 Å². The van der Waals surface area contributed by atoms with Crippen LogP contribution in [-0.2, 0) is 19.1 Å². The smallest absolute Gasteiger partial charge is 0.312 e. The second kappa shape index (κ2) is 5.60. The van der Waals surface area contributed by atoms with Crippen LogP contribution in [0.5, 0.6) is 0 Å². The minimum atomic E-state index is -0.753. The maximum Gasteiger partial charge on any atom is 0.312 e. The van der Waals surface area contributed by atoms with E-state index in [1.807, 2.05) is 31.2 Å². The van der Waals surface area contributed by atoms with Crippen molar-refractivity contribution < 1.29 is 19.1 Å². The molecule has 4 atom stereocenters. The Bertz CT molecular complexity index is 733. The molecule has 1 unspecified atom stereocenters. The molecule has 1 aromatic carbocycles. The monoisotopic (exact) mass is 347 g/mol. The van der Waals surface area contributed by atoms with Crippen LogP contribution < -0.4 is 4.90 Å².